The van der Waals surface area contributed by atoms with Crippen molar-refractivity contribution >= 4 is 23.4 Å². The molecule has 5 N–H and O–H groups in total. The van der Waals surface area contributed by atoms with E-state index in [0.717, 1.165) is 11.1 Å². The molecule has 0 aliphatic heterocycles. The average molecular weight is 467 g/mol. The average Bonchev–Trinajstić information content (AvgIpc) is 3.24. The van der Waals surface area contributed by atoms with E-state index in [0.29, 0.717) is 17.2 Å². The van der Waals surface area contributed by atoms with Crippen molar-refractivity contribution in [3.8, 4) is 11.1 Å². The van der Waals surface area contributed by atoms with Gasteiger partial charge in [0.2, 0.25) is 0 Å². The first kappa shape index (κ1) is 24.8. The Kier molecular flexibility index (Phi) is 7.01. The molecule has 0 bridgehead atoms. The Morgan fingerprint density at radius 1 is 1.26 bits per heavy atom. The highest BCUT2D eigenvalue weighted by molar-refractivity contribution is 6.05. The highest BCUT2D eigenvalue weighted by Crippen LogP contribution is 2.28. The van der Waals surface area contributed by atoms with E-state index in [9.17, 15) is 9.18 Å². The minimum absolute atomic E-state index is 0.0437. The summed E-state index contributed by atoms with van der Waals surface area (Å²) in [6.45, 7) is 11.7. The largest absolute Gasteiger partial charge is 0.322 e. The number of carbonyl (C=O) groups excluding carboxylic acids is 1. The predicted molar refractivity (Wildman–Crippen MR) is 133 cm³/mol. The number of benzene rings is 1. The van der Waals surface area contributed by atoms with Gasteiger partial charge < -0.3 is 11.2 Å². The number of nitrogens with two attached hydrogens (primary N) is 2. The summed E-state index contributed by atoms with van der Waals surface area (Å²) in [6, 6.07) is 7.78. The van der Waals surface area contributed by atoms with Crippen LogP contribution in [0.5, 0.6) is 0 Å². The molecule has 34 heavy (non-hydrogen) atoms. The summed E-state index contributed by atoms with van der Waals surface area (Å²) in [5.41, 5.74) is 1.90. The molecule has 0 aliphatic rings. The molecule has 0 saturated heterocycles. The first-order valence-electron chi connectivity index (χ1n) is 10.9. The number of pyridine rings is 1. The molecule has 0 unspecified atom stereocenters. The Morgan fingerprint density at radius 2 is 1.97 bits per heavy atom. The maximum Gasteiger partial charge on any atom is 0.259 e. The topological polar surface area (TPSA) is 127 Å². The predicted octanol–water partition coefficient (Wildman–Crippen LogP) is 4.01. The number of amidine groups is 1. The number of aryl methyl sites for hydroxylation is 1. The van der Waals surface area contributed by atoms with Gasteiger partial charge in [-0.15, -0.1) is 0 Å². The highest BCUT2D eigenvalue weighted by Gasteiger charge is 2.20. The third-order valence-corrected chi connectivity index (χ3v) is 5.26. The van der Waals surface area contributed by atoms with E-state index >= 15 is 0 Å². The lowest BCUT2D eigenvalue weighted by molar-refractivity contribution is 0.102. The number of carbonyl (C=O) groups is 1. The number of hydrogen-bond acceptors (Lipinski definition) is 6. The van der Waals surface area contributed by atoms with Gasteiger partial charge in [0.25, 0.3) is 5.91 Å². The SMILES string of the molecule is Cc1cc(F)c(C(=O)Nc2cccc(N(N)/C(=N\N)C(C)C)n2)cc1-c1cnn(C(C)(C)C)c1. The van der Waals surface area contributed by atoms with Gasteiger partial charge in [-0.05, 0) is 63.1 Å². The third-order valence-electron chi connectivity index (χ3n) is 5.26. The maximum atomic E-state index is 14.8. The van der Waals surface area contributed by atoms with Gasteiger partial charge in [-0.3, -0.25) is 9.48 Å². The van der Waals surface area contributed by atoms with Gasteiger partial charge in [0.15, 0.2) is 5.82 Å². The summed E-state index contributed by atoms with van der Waals surface area (Å²) < 4.78 is 16.6. The summed E-state index contributed by atoms with van der Waals surface area (Å²) in [7, 11) is 0. The van der Waals surface area contributed by atoms with Crippen molar-refractivity contribution in [2.24, 2.45) is 22.7 Å². The van der Waals surface area contributed by atoms with Crippen molar-refractivity contribution < 1.29 is 9.18 Å². The van der Waals surface area contributed by atoms with Crippen LogP contribution in [0.3, 0.4) is 0 Å². The zero-order chi connectivity index (χ0) is 25.2. The van der Waals surface area contributed by atoms with Gasteiger partial charge in [-0.25, -0.2) is 20.2 Å². The van der Waals surface area contributed by atoms with Crippen LogP contribution in [-0.2, 0) is 5.54 Å². The lowest BCUT2D eigenvalue weighted by Gasteiger charge is -2.21. The minimum Gasteiger partial charge on any atom is -0.322 e. The van der Waals surface area contributed by atoms with Crippen LogP contribution in [0.25, 0.3) is 11.1 Å². The number of halogens is 1. The Morgan fingerprint density at radius 3 is 2.56 bits per heavy atom. The zero-order valence-electron chi connectivity index (χ0n) is 20.3. The van der Waals surface area contributed by atoms with Crippen molar-refractivity contribution in [1.29, 1.82) is 0 Å². The van der Waals surface area contributed by atoms with Gasteiger partial charge >= 0.3 is 0 Å². The molecule has 2 aromatic heterocycles. The number of aromatic nitrogens is 3. The molecule has 0 aliphatic carbocycles. The van der Waals surface area contributed by atoms with E-state index in [1.165, 1.54) is 17.1 Å². The first-order valence-corrected chi connectivity index (χ1v) is 10.9. The summed E-state index contributed by atoms with van der Waals surface area (Å²) in [6.07, 6.45) is 3.59. The lowest BCUT2D eigenvalue weighted by atomic mass is 9.99. The molecule has 9 nitrogen and oxygen atoms in total. The van der Waals surface area contributed by atoms with Crippen molar-refractivity contribution in [3.05, 3.63) is 59.7 Å². The standard InChI is InChI=1S/C24H31FN8O/c1-14(2)22(31-26)33(27)21-9-7-8-20(29-21)30-23(34)18-11-17(15(3)10-19(18)25)16-12-28-32(13-16)24(4,5)6/h7-14H,26-27H2,1-6H3,(H,29,30,34)/b31-22-. The number of amides is 1. The second kappa shape index (κ2) is 9.60. The van der Waals surface area contributed by atoms with Gasteiger partial charge in [0.05, 0.1) is 17.3 Å². The third kappa shape index (κ3) is 5.23. The molecule has 3 aromatic rings. The molecule has 1 aromatic carbocycles. The van der Waals surface area contributed by atoms with Crippen LogP contribution >= 0.6 is 0 Å². The highest BCUT2D eigenvalue weighted by atomic mass is 19.1. The van der Waals surface area contributed by atoms with E-state index < -0.39 is 11.7 Å². The normalized spacial score (nSPS) is 12.2. The summed E-state index contributed by atoms with van der Waals surface area (Å²) in [5, 5.41) is 12.0. The molecule has 0 atom stereocenters. The first-order chi connectivity index (χ1) is 15.9. The maximum absolute atomic E-state index is 14.8. The molecule has 10 heteroatoms. The monoisotopic (exact) mass is 466 g/mol. The summed E-state index contributed by atoms with van der Waals surface area (Å²) >= 11 is 0. The van der Waals surface area contributed by atoms with Crippen LogP contribution in [0.1, 0.15) is 50.5 Å². The number of anilines is 2. The number of hydrogen-bond donors (Lipinski definition) is 3. The van der Waals surface area contributed by atoms with Crippen LogP contribution in [0.4, 0.5) is 16.0 Å². The Hall–Kier alpha value is -3.79. The molecule has 0 spiro atoms. The molecule has 180 valence electrons. The number of hydrazone groups is 1. The molecule has 2 heterocycles. The van der Waals surface area contributed by atoms with Crippen LogP contribution in [0.2, 0.25) is 0 Å². The van der Waals surface area contributed by atoms with E-state index in [2.05, 4.69) is 20.5 Å². The van der Waals surface area contributed by atoms with E-state index in [-0.39, 0.29) is 22.8 Å². The number of nitrogens with one attached hydrogen (secondary N) is 1. The van der Waals surface area contributed by atoms with Crippen LogP contribution in [0, 0.1) is 18.7 Å². The smallest absolute Gasteiger partial charge is 0.259 e. The Bertz CT molecular complexity index is 1230. The fourth-order valence-corrected chi connectivity index (χ4v) is 3.40. The van der Waals surface area contributed by atoms with Crippen LogP contribution < -0.4 is 22.0 Å². The van der Waals surface area contributed by atoms with Crippen LogP contribution in [0.15, 0.2) is 47.8 Å². The van der Waals surface area contributed by atoms with Crippen LogP contribution in [-0.4, -0.2) is 26.5 Å². The van der Waals surface area contributed by atoms with Crippen molar-refractivity contribution in [1.82, 2.24) is 14.8 Å². The molecule has 0 fully saturated rings. The van der Waals surface area contributed by atoms with Gasteiger partial charge in [0, 0.05) is 17.7 Å². The zero-order valence-corrected chi connectivity index (χ0v) is 20.3. The van der Waals surface area contributed by atoms with E-state index in [4.69, 9.17) is 11.7 Å². The fraction of sp³-hybridized carbons (Fsp3) is 0.333. The Labute approximate surface area is 198 Å². The molecular weight excluding hydrogens is 435 g/mol. The second-order valence-corrected chi connectivity index (χ2v) is 9.34. The van der Waals surface area contributed by atoms with E-state index in [1.807, 2.05) is 45.5 Å². The van der Waals surface area contributed by atoms with Crippen molar-refractivity contribution in [2.75, 3.05) is 10.3 Å². The molecular formula is C24H31FN8O. The molecule has 0 saturated carbocycles. The van der Waals surface area contributed by atoms with Gasteiger partial charge in [-0.1, -0.05) is 19.9 Å². The summed E-state index contributed by atoms with van der Waals surface area (Å²) in [5.74, 6) is 11.2. The molecule has 3 rings (SSSR count). The van der Waals surface area contributed by atoms with Gasteiger partial charge in [-0.2, -0.15) is 10.2 Å². The lowest BCUT2D eigenvalue weighted by Crippen LogP contribution is -2.41. The second-order valence-electron chi connectivity index (χ2n) is 9.34. The van der Waals surface area contributed by atoms with Crippen molar-refractivity contribution in [2.45, 2.75) is 47.1 Å². The van der Waals surface area contributed by atoms with Crippen molar-refractivity contribution in [3.63, 3.8) is 0 Å². The van der Waals surface area contributed by atoms with E-state index in [1.54, 1.807) is 31.3 Å². The van der Waals surface area contributed by atoms with Gasteiger partial charge in [0.1, 0.15) is 17.5 Å². The Balaban J connectivity index is 1.90. The quantitative estimate of drug-likeness (QED) is 0.226. The number of rotatable bonds is 5. The number of hydrazine groups is 1. The minimum atomic E-state index is -0.633. The summed E-state index contributed by atoms with van der Waals surface area (Å²) in [4.78, 5) is 17.3. The molecule has 1 amide bonds. The fourth-order valence-electron chi connectivity index (χ4n) is 3.40. The number of nitrogens with zero attached hydrogens (tertiary/aromatic N) is 5. The molecule has 0 radical (unpaired) electrons.